The Morgan fingerprint density at radius 3 is 2.82 bits per heavy atom. The molecule has 118 valence electrons. The van der Waals surface area contributed by atoms with Crippen LogP contribution in [0.4, 0.5) is 10.5 Å². The van der Waals surface area contributed by atoms with Gasteiger partial charge in [-0.05, 0) is 32.4 Å². The number of aromatic nitrogens is 2. The Morgan fingerprint density at radius 2 is 2.23 bits per heavy atom. The standard InChI is InChI=1S/C15H20N4O2S/c1-5-15(3,13-16-10(2)9-22-13)18-14(21)17-11-7-6-8-19(4)12(11)20/h6-9H,5H2,1-4H3,(H2,17,18,21)/t15-/m0/s1. The van der Waals surface area contributed by atoms with Gasteiger partial charge < -0.3 is 15.2 Å². The number of aryl methyl sites for hydroxylation is 2. The van der Waals surface area contributed by atoms with Crippen molar-refractivity contribution in [2.75, 3.05) is 5.32 Å². The first-order valence-corrected chi connectivity index (χ1v) is 7.91. The molecule has 22 heavy (non-hydrogen) atoms. The van der Waals surface area contributed by atoms with Crippen molar-refractivity contribution in [2.45, 2.75) is 32.7 Å². The normalized spacial score (nSPS) is 13.5. The highest BCUT2D eigenvalue weighted by molar-refractivity contribution is 7.09. The second-order valence-corrected chi connectivity index (χ2v) is 6.25. The number of urea groups is 1. The van der Waals surface area contributed by atoms with Crippen LogP contribution in [0.25, 0.3) is 0 Å². The van der Waals surface area contributed by atoms with Crippen molar-refractivity contribution in [3.8, 4) is 0 Å². The number of carbonyl (C=O) groups excluding carboxylic acids is 1. The van der Waals surface area contributed by atoms with Crippen LogP contribution in [0, 0.1) is 6.92 Å². The Morgan fingerprint density at radius 1 is 1.50 bits per heavy atom. The SMILES string of the molecule is CC[C@](C)(NC(=O)Nc1cccn(C)c1=O)c1nc(C)cs1. The van der Waals surface area contributed by atoms with Crippen molar-refractivity contribution in [1.82, 2.24) is 14.9 Å². The average molecular weight is 320 g/mol. The van der Waals surface area contributed by atoms with Crippen molar-refractivity contribution in [3.05, 3.63) is 44.8 Å². The summed E-state index contributed by atoms with van der Waals surface area (Å²) in [6.07, 6.45) is 2.33. The molecule has 2 amide bonds. The molecule has 1 atom stereocenters. The number of nitrogens with one attached hydrogen (secondary N) is 2. The molecule has 2 heterocycles. The van der Waals surface area contributed by atoms with Crippen LogP contribution in [-0.2, 0) is 12.6 Å². The number of anilines is 1. The van der Waals surface area contributed by atoms with E-state index in [-0.39, 0.29) is 11.2 Å². The molecule has 7 heteroatoms. The van der Waals surface area contributed by atoms with E-state index >= 15 is 0 Å². The van der Waals surface area contributed by atoms with Crippen LogP contribution in [0.2, 0.25) is 0 Å². The van der Waals surface area contributed by atoms with Crippen LogP contribution in [-0.4, -0.2) is 15.6 Å². The number of carbonyl (C=O) groups is 1. The van der Waals surface area contributed by atoms with Crippen molar-refractivity contribution < 1.29 is 4.79 Å². The van der Waals surface area contributed by atoms with E-state index in [2.05, 4.69) is 15.6 Å². The maximum Gasteiger partial charge on any atom is 0.320 e. The fourth-order valence-electron chi connectivity index (χ4n) is 2.00. The molecule has 0 spiro atoms. The van der Waals surface area contributed by atoms with Crippen LogP contribution in [0.1, 0.15) is 31.0 Å². The first-order valence-electron chi connectivity index (χ1n) is 7.03. The summed E-state index contributed by atoms with van der Waals surface area (Å²) in [4.78, 5) is 28.6. The molecule has 6 nitrogen and oxygen atoms in total. The predicted octanol–water partition coefficient (Wildman–Crippen LogP) is 2.60. The van der Waals surface area contributed by atoms with Gasteiger partial charge in [0.1, 0.15) is 10.7 Å². The summed E-state index contributed by atoms with van der Waals surface area (Å²) in [5.74, 6) is 0. The highest BCUT2D eigenvalue weighted by atomic mass is 32.1. The first-order chi connectivity index (χ1) is 10.4. The summed E-state index contributed by atoms with van der Waals surface area (Å²) in [6.45, 7) is 5.83. The third kappa shape index (κ3) is 3.36. The second-order valence-electron chi connectivity index (χ2n) is 5.40. The molecule has 2 aromatic rings. The van der Waals surface area contributed by atoms with Gasteiger partial charge in [0.15, 0.2) is 0 Å². The topological polar surface area (TPSA) is 76.0 Å². The molecule has 0 aliphatic rings. The Bertz CT molecular complexity index is 737. The minimum absolute atomic E-state index is 0.247. The van der Waals surface area contributed by atoms with Crippen LogP contribution >= 0.6 is 11.3 Å². The van der Waals surface area contributed by atoms with E-state index in [1.165, 1.54) is 15.9 Å². The molecule has 0 bridgehead atoms. The fraction of sp³-hybridized carbons (Fsp3) is 0.400. The largest absolute Gasteiger partial charge is 0.326 e. The summed E-state index contributed by atoms with van der Waals surface area (Å²) in [5.41, 5.74) is 0.360. The minimum atomic E-state index is -0.566. The third-order valence-electron chi connectivity index (χ3n) is 3.56. The Kier molecular flexibility index (Phi) is 4.65. The number of hydrogen-bond donors (Lipinski definition) is 2. The molecule has 0 unspecified atom stereocenters. The van der Waals surface area contributed by atoms with Gasteiger partial charge in [-0.15, -0.1) is 11.3 Å². The van der Waals surface area contributed by atoms with E-state index in [4.69, 9.17) is 0 Å². The minimum Gasteiger partial charge on any atom is -0.326 e. The second kappa shape index (κ2) is 6.31. The van der Waals surface area contributed by atoms with Gasteiger partial charge in [-0.3, -0.25) is 4.79 Å². The zero-order valence-corrected chi connectivity index (χ0v) is 14.0. The van der Waals surface area contributed by atoms with E-state index in [0.29, 0.717) is 6.42 Å². The molecule has 2 aromatic heterocycles. The van der Waals surface area contributed by atoms with Gasteiger partial charge in [0.25, 0.3) is 5.56 Å². The molecule has 0 saturated carbocycles. The molecule has 0 aliphatic carbocycles. The zero-order valence-electron chi connectivity index (χ0n) is 13.1. The zero-order chi connectivity index (χ0) is 16.3. The van der Waals surface area contributed by atoms with Gasteiger partial charge in [0.2, 0.25) is 0 Å². The molecule has 2 rings (SSSR count). The van der Waals surface area contributed by atoms with Crippen LogP contribution in [0.5, 0.6) is 0 Å². The number of amides is 2. The molecular formula is C15H20N4O2S. The molecule has 0 radical (unpaired) electrons. The number of hydrogen-bond acceptors (Lipinski definition) is 4. The van der Waals surface area contributed by atoms with Crippen molar-refractivity contribution in [3.63, 3.8) is 0 Å². The summed E-state index contributed by atoms with van der Waals surface area (Å²) < 4.78 is 1.42. The van der Waals surface area contributed by atoms with Crippen LogP contribution < -0.4 is 16.2 Å². The number of rotatable bonds is 4. The average Bonchev–Trinajstić information content (AvgIpc) is 2.91. The van der Waals surface area contributed by atoms with Gasteiger partial charge in [0, 0.05) is 24.3 Å². The highest BCUT2D eigenvalue weighted by Gasteiger charge is 2.29. The Hall–Kier alpha value is -2.15. The number of thiazole rings is 1. The van der Waals surface area contributed by atoms with E-state index in [1.807, 2.05) is 26.2 Å². The van der Waals surface area contributed by atoms with Gasteiger partial charge in [-0.25, -0.2) is 9.78 Å². The van der Waals surface area contributed by atoms with E-state index < -0.39 is 11.6 Å². The quantitative estimate of drug-likeness (QED) is 0.909. The predicted molar refractivity (Wildman–Crippen MR) is 88.3 cm³/mol. The summed E-state index contributed by atoms with van der Waals surface area (Å²) in [7, 11) is 1.64. The molecular weight excluding hydrogens is 300 g/mol. The van der Waals surface area contributed by atoms with Crippen molar-refractivity contribution in [2.24, 2.45) is 7.05 Å². The maximum absolute atomic E-state index is 12.2. The molecule has 2 N–H and O–H groups in total. The van der Waals surface area contributed by atoms with E-state index in [0.717, 1.165) is 10.7 Å². The van der Waals surface area contributed by atoms with Gasteiger partial charge in [-0.2, -0.15) is 0 Å². The smallest absolute Gasteiger partial charge is 0.320 e. The molecule has 0 aromatic carbocycles. The van der Waals surface area contributed by atoms with Crippen LogP contribution in [0.15, 0.2) is 28.5 Å². The molecule has 0 saturated heterocycles. The van der Waals surface area contributed by atoms with Gasteiger partial charge >= 0.3 is 6.03 Å². The summed E-state index contributed by atoms with van der Waals surface area (Å²) in [6, 6.07) is 2.87. The summed E-state index contributed by atoms with van der Waals surface area (Å²) >= 11 is 1.52. The maximum atomic E-state index is 12.2. The number of nitrogens with zero attached hydrogens (tertiary/aromatic N) is 2. The van der Waals surface area contributed by atoms with Gasteiger partial charge in [-0.1, -0.05) is 6.92 Å². The lowest BCUT2D eigenvalue weighted by Crippen LogP contribution is -2.45. The monoisotopic (exact) mass is 320 g/mol. The van der Waals surface area contributed by atoms with Crippen molar-refractivity contribution in [1.29, 1.82) is 0 Å². The highest BCUT2D eigenvalue weighted by Crippen LogP contribution is 2.27. The lowest BCUT2D eigenvalue weighted by molar-refractivity contribution is 0.237. The van der Waals surface area contributed by atoms with E-state index in [1.54, 1.807) is 25.4 Å². The third-order valence-corrected chi connectivity index (χ3v) is 4.78. The Labute approximate surface area is 133 Å². The Balaban J connectivity index is 2.16. The fourth-order valence-corrected chi connectivity index (χ4v) is 2.98. The van der Waals surface area contributed by atoms with Crippen LogP contribution in [0.3, 0.4) is 0 Å². The lowest BCUT2D eigenvalue weighted by Gasteiger charge is -2.27. The number of pyridine rings is 1. The lowest BCUT2D eigenvalue weighted by atomic mass is 10.0. The van der Waals surface area contributed by atoms with Crippen molar-refractivity contribution >= 4 is 23.1 Å². The summed E-state index contributed by atoms with van der Waals surface area (Å²) in [5, 5.41) is 8.33. The van der Waals surface area contributed by atoms with Gasteiger partial charge in [0.05, 0.1) is 5.54 Å². The first kappa shape index (κ1) is 16.2. The molecule has 0 aliphatic heterocycles. The molecule has 0 fully saturated rings. The van der Waals surface area contributed by atoms with E-state index in [9.17, 15) is 9.59 Å².